The Balaban J connectivity index is 1.37. The van der Waals surface area contributed by atoms with E-state index < -0.39 is 0 Å². The van der Waals surface area contributed by atoms with Crippen LogP contribution in [-0.2, 0) is 16.0 Å². The van der Waals surface area contributed by atoms with Crippen molar-refractivity contribution < 1.29 is 14.0 Å². The number of likely N-dealkylation sites (N-methyl/N-ethyl adjacent to an activating group) is 1. The minimum Gasteiger partial charge on any atom is -0.461 e. The Morgan fingerprint density at radius 2 is 1.89 bits per heavy atom. The summed E-state index contributed by atoms with van der Waals surface area (Å²) in [7, 11) is 1.86. The molecular weight excluding hydrogens is 340 g/mol. The Morgan fingerprint density at radius 3 is 2.67 bits per heavy atom. The van der Waals surface area contributed by atoms with Gasteiger partial charge in [-0.1, -0.05) is 29.8 Å². The van der Waals surface area contributed by atoms with Gasteiger partial charge in [0.2, 0.25) is 11.8 Å². The SMILES string of the molecule is Cc1ccc(-c2ccc(CCC(=O)N3C[C@@H]4CC[C@H](C3)N(C)C4=O)o2)cc1. The minimum absolute atomic E-state index is 0.0329. The van der Waals surface area contributed by atoms with E-state index in [1.54, 1.807) is 0 Å². The van der Waals surface area contributed by atoms with Crippen LogP contribution in [0.5, 0.6) is 0 Å². The third-order valence-electron chi connectivity index (χ3n) is 5.90. The van der Waals surface area contributed by atoms with Crippen LogP contribution in [0, 0.1) is 12.8 Å². The van der Waals surface area contributed by atoms with Gasteiger partial charge in [-0.15, -0.1) is 0 Å². The molecule has 27 heavy (non-hydrogen) atoms. The molecule has 1 aromatic carbocycles. The number of benzene rings is 1. The van der Waals surface area contributed by atoms with Gasteiger partial charge in [0.1, 0.15) is 11.5 Å². The number of furan rings is 1. The van der Waals surface area contributed by atoms with Crippen molar-refractivity contribution in [3.8, 4) is 11.3 Å². The largest absolute Gasteiger partial charge is 0.461 e. The number of piperidine rings is 1. The van der Waals surface area contributed by atoms with Gasteiger partial charge >= 0.3 is 0 Å². The quantitative estimate of drug-likeness (QED) is 0.834. The van der Waals surface area contributed by atoms with Crippen LogP contribution in [-0.4, -0.2) is 47.8 Å². The maximum atomic E-state index is 12.7. The van der Waals surface area contributed by atoms with Crippen LogP contribution in [0.3, 0.4) is 0 Å². The van der Waals surface area contributed by atoms with Crippen LogP contribution in [0.25, 0.3) is 11.3 Å². The summed E-state index contributed by atoms with van der Waals surface area (Å²) in [5.41, 5.74) is 2.26. The van der Waals surface area contributed by atoms with Crippen LogP contribution in [0.15, 0.2) is 40.8 Å². The summed E-state index contributed by atoms with van der Waals surface area (Å²) < 4.78 is 5.93. The first-order valence-electron chi connectivity index (χ1n) is 9.71. The van der Waals surface area contributed by atoms with Gasteiger partial charge in [-0.2, -0.15) is 0 Å². The fourth-order valence-corrected chi connectivity index (χ4v) is 4.13. The van der Waals surface area contributed by atoms with E-state index in [-0.39, 0.29) is 23.8 Å². The minimum atomic E-state index is -0.0329. The molecule has 142 valence electrons. The van der Waals surface area contributed by atoms with Crippen LogP contribution < -0.4 is 0 Å². The summed E-state index contributed by atoms with van der Waals surface area (Å²) in [5.74, 6) is 1.93. The summed E-state index contributed by atoms with van der Waals surface area (Å²) in [4.78, 5) is 28.7. The van der Waals surface area contributed by atoms with Gasteiger partial charge in [-0.25, -0.2) is 0 Å². The normalized spacial score (nSPS) is 22.2. The van der Waals surface area contributed by atoms with Crippen molar-refractivity contribution in [1.82, 2.24) is 9.80 Å². The summed E-state index contributed by atoms with van der Waals surface area (Å²) in [5, 5.41) is 0. The zero-order chi connectivity index (χ0) is 19.0. The van der Waals surface area contributed by atoms with E-state index in [0.717, 1.165) is 29.9 Å². The third kappa shape index (κ3) is 3.64. The molecule has 5 rings (SSSR count). The molecule has 2 bridgehead atoms. The predicted octanol–water partition coefficient (Wildman–Crippen LogP) is 3.27. The molecule has 3 aliphatic heterocycles. The smallest absolute Gasteiger partial charge is 0.227 e. The second-order valence-corrected chi connectivity index (χ2v) is 7.81. The molecule has 0 aliphatic carbocycles. The highest BCUT2D eigenvalue weighted by atomic mass is 16.3. The molecule has 3 saturated heterocycles. The topological polar surface area (TPSA) is 53.8 Å². The second-order valence-electron chi connectivity index (χ2n) is 7.81. The second kappa shape index (κ2) is 7.22. The van der Waals surface area contributed by atoms with Crippen LogP contribution >= 0.6 is 0 Å². The number of aryl methyl sites for hydroxylation is 2. The third-order valence-corrected chi connectivity index (χ3v) is 5.90. The highest BCUT2D eigenvalue weighted by molar-refractivity contribution is 5.83. The first kappa shape index (κ1) is 17.8. The zero-order valence-electron chi connectivity index (χ0n) is 16.0. The summed E-state index contributed by atoms with van der Waals surface area (Å²) in [6.45, 7) is 3.28. The lowest BCUT2D eigenvalue weighted by molar-refractivity contribution is -0.138. The standard InChI is InChI=1S/C22H26N2O3/c1-15-3-5-16(6-4-15)20-11-9-19(27-20)10-12-21(25)24-13-17-7-8-18(14-24)23(2)22(17)26/h3-6,9,11,17-18H,7-8,10,12-14H2,1-2H3/t17-,18+/m0/s1. The van der Waals surface area contributed by atoms with E-state index in [1.165, 1.54) is 5.56 Å². The monoisotopic (exact) mass is 366 g/mol. The number of amides is 2. The number of carbonyl (C=O) groups is 2. The lowest BCUT2D eigenvalue weighted by atomic mass is 9.95. The van der Waals surface area contributed by atoms with E-state index in [4.69, 9.17) is 4.42 Å². The first-order valence-corrected chi connectivity index (χ1v) is 9.71. The molecule has 0 unspecified atom stereocenters. The molecular formula is C22H26N2O3. The molecule has 2 amide bonds. The zero-order valence-corrected chi connectivity index (χ0v) is 16.0. The summed E-state index contributed by atoms with van der Waals surface area (Å²) in [6, 6.07) is 12.3. The molecule has 0 N–H and O–H groups in total. The molecule has 3 fully saturated rings. The van der Waals surface area contributed by atoms with Gasteiger partial charge in [0.15, 0.2) is 0 Å². The molecule has 1 aromatic heterocycles. The lowest BCUT2D eigenvalue weighted by Gasteiger charge is -2.32. The van der Waals surface area contributed by atoms with E-state index in [2.05, 4.69) is 19.1 Å². The number of hydrogen-bond donors (Lipinski definition) is 0. The fraction of sp³-hybridized carbons (Fsp3) is 0.455. The number of rotatable bonds is 4. The van der Waals surface area contributed by atoms with Gasteiger partial charge in [0.05, 0.1) is 5.92 Å². The van der Waals surface area contributed by atoms with Crippen molar-refractivity contribution in [1.29, 1.82) is 0 Å². The molecule has 0 radical (unpaired) electrons. The van der Waals surface area contributed by atoms with E-state index in [9.17, 15) is 9.59 Å². The average Bonchev–Trinajstić information content (AvgIpc) is 2.98. The van der Waals surface area contributed by atoms with Crippen molar-refractivity contribution in [2.24, 2.45) is 5.92 Å². The predicted molar refractivity (Wildman–Crippen MR) is 103 cm³/mol. The van der Waals surface area contributed by atoms with Crippen molar-refractivity contribution >= 4 is 11.8 Å². The average molecular weight is 366 g/mol. The van der Waals surface area contributed by atoms with Crippen molar-refractivity contribution in [3.05, 3.63) is 47.7 Å². The molecule has 2 aromatic rings. The molecule has 5 nitrogen and oxygen atoms in total. The Kier molecular flexibility index (Phi) is 4.77. The van der Waals surface area contributed by atoms with Gasteiger partial charge in [-0.05, 0) is 31.9 Å². The van der Waals surface area contributed by atoms with Gasteiger partial charge in [0, 0.05) is 44.6 Å². The summed E-state index contributed by atoms with van der Waals surface area (Å²) >= 11 is 0. The Bertz CT molecular complexity index is 839. The fourth-order valence-electron chi connectivity index (χ4n) is 4.13. The molecule has 4 heterocycles. The number of fused-ring (bicyclic) bond motifs is 4. The van der Waals surface area contributed by atoms with E-state index in [0.29, 0.717) is 25.9 Å². The molecule has 0 saturated carbocycles. The van der Waals surface area contributed by atoms with Crippen LogP contribution in [0.2, 0.25) is 0 Å². The van der Waals surface area contributed by atoms with E-state index in [1.807, 2.05) is 41.1 Å². The first-order chi connectivity index (χ1) is 13.0. The Labute approximate surface area is 159 Å². The molecule has 5 heteroatoms. The molecule has 0 spiro atoms. The van der Waals surface area contributed by atoms with Crippen molar-refractivity contribution in [3.63, 3.8) is 0 Å². The highest BCUT2D eigenvalue weighted by Gasteiger charge is 2.39. The highest BCUT2D eigenvalue weighted by Crippen LogP contribution is 2.28. The van der Waals surface area contributed by atoms with E-state index >= 15 is 0 Å². The van der Waals surface area contributed by atoms with Gasteiger partial charge in [0.25, 0.3) is 0 Å². The number of hydrogen-bond acceptors (Lipinski definition) is 3. The van der Waals surface area contributed by atoms with Crippen molar-refractivity contribution in [2.75, 3.05) is 20.1 Å². The molecule has 2 atom stereocenters. The molecule has 3 aliphatic rings. The number of carbonyl (C=O) groups excluding carboxylic acids is 2. The number of nitrogens with zero attached hydrogens (tertiary/aromatic N) is 2. The summed E-state index contributed by atoms with van der Waals surface area (Å²) in [6.07, 6.45) is 2.89. The van der Waals surface area contributed by atoms with Crippen molar-refractivity contribution in [2.45, 2.75) is 38.6 Å². The van der Waals surface area contributed by atoms with Gasteiger partial charge < -0.3 is 14.2 Å². The van der Waals surface area contributed by atoms with Gasteiger partial charge in [-0.3, -0.25) is 9.59 Å². The maximum Gasteiger partial charge on any atom is 0.227 e. The lowest BCUT2D eigenvalue weighted by Crippen LogP contribution is -2.45. The Hall–Kier alpha value is -2.56. The van der Waals surface area contributed by atoms with Crippen LogP contribution in [0.4, 0.5) is 0 Å². The maximum absolute atomic E-state index is 12.7. The Morgan fingerprint density at radius 1 is 1.11 bits per heavy atom. The van der Waals surface area contributed by atoms with Crippen LogP contribution in [0.1, 0.15) is 30.6 Å².